The highest BCUT2D eigenvalue weighted by atomic mass is 19.1. The predicted molar refractivity (Wildman–Crippen MR) is 99.2 cm³/mol. The van der Waals surface area contributed by atoms with Crippen LogP contribution in [0.5, 0.6) is 11.5 Å². The van der Waals surface area contributed by atoms with Gasteiger partial charge in [0.2, 0.25) is 0 Å². The average Bonchev–Trinajstić information content (AvgIpc) is 2.64. The Labute approximate surface area is 152 Å². The van der Waals surface area contributed by atoms with Crippen molar-refractivity contribution >= 4 is 11.6 Å². The molecular weight excluding hydrogens is 340 g/mol. The highest BCUT2D eigenvalue weighted by Gasteiger charge is 2.09. The highest BCUT2D eigenvalue weighted by molar-refractivity contribution is 5.93. The lowest BCUT2D eigenvalue weighted by Gasteiger charge is -2.14. The number of guanidine groups is 1. The molecule has 0 radical (unpaired) electrons. The number of nitrogens with one attached hydrogen (secondary N) is 2. The third-order valence-corrected chi connectivity index (χ3v) is 3.68. The van der Waals surface area contributed by atoms with E-state index in [0.717, 1.165) is 5.69 Å². The minimum Gasteiger partial charge on any atom is -0.493 e. The van der Waals surface area contributed by atoms with E-state index in [4.69, 9.17) is 9.47 Å². The van der Waals surface area contributed by atoms with Crippen LogP contribution in [-0.2, 0) is 6.42 Å². The number of nitrogens with zero attached hydrogens (tertiary/aromatic N) is 1. The van der Waals surface area contributed by atoms with E-state index >= 15 is 0 Å². The Kier molecular flexibility index (Phi) is 7.20. The maximum atomic E-state index is 13.7. The standard InChI is InChI=1S/C19H23F2N3O2/c1-4-22-19(23-11-10-14-15(20)6-5-7-16(14)21)24-13-8-9-17(25-2)18(12-13)26-3/h5-9,12H,4,10-11H2,1-3H3,(H2,22,23,24). The first-order valence-electron chi connectivity index (χ1n) is 8.29. The lowest BCUT2D eigenvalue weighted by molar-refractivity contribution is 0.355. The van der Waals surface area contributed by atoms with Crippen LogP contribution in [0.3, 0.4) is 0 Å². The average molecular weight is 363 g/mol. The van der Waals surface area contributed by atoms with Crippen LogP contribution in [0.15, 0.2) is 41.4 Å². The number of hydrogen-bond acceptors (Lipinski definition) is 3. The monoisotopic (exact) mass is 363 g/mol. The van der Waals surface area contributed by atoms with E-state index in [1.54, 1.807) is 26.4 Å². The molecule has 2 aromatic rings. The fourth-order valence-electron chi connectivity index (χ4n) is 2.41. The summed E-state index contributed by atoms with van der Waals surface area (Å²) >= 11 is 0. The zero-order valence-electron chi connectivity index (χ0n) is 15.1. The smallest absolute Gasteiger partial charge is 0.195 e. The second-order valence-electron chi connectivity index (χ2n) is 5.41. The summed E-state index contributed by atoms with van der Waals surface area (Å²) in [5.41, 5.74) is 0.789. The van der Waals surface area contributed by atoms with E-state index in [9.17, 15) is 8.78 Å². The van der Waals surface area contributed by atoms with Crippen LogP contribution >= 0.6 is 0 Å². The van der Waals surface area contributed by atoms with Gasteiger partial charge in [0.25, 0.3) is 0 Å². The number of rotatable bonds is 7. The van der Waals surface area contributed by atoms with Crippen molar-refractivity contribution < 1.29 is 18.3 Å². The Morgan fingerprint density at radius 2 is 1.73 bits per heavy atom. The van der Waals surface area contributed by atoms with Gasteiger partial charge in [-0.3, -0.25) is 4.99 Å². The molecular formula is C19H23F2N3O2. The molecule has 5 nitrogen and oxygen atoms in total. The minimum atomic E-state index is -0.557. The molecule has 0 spiro atoms. The molecule has 0 atom stereocenters. The van der Waals surface area contributed by atoms with Crippen LogP contribution in [0.1, 0.15) is 12.5 Å². The van der Waals surface area contributed by atoms with Crippen molar-refractivity contribution in [2.75, 3.05) is 32.6 Å². The quantitative estimate of drug-likeness (QED) is 0.583. The van der Waals surface area contributed by atoms with Crippen molar-refractivity contribution in [3.8, 4) is 11.5 Å². The molecule has 0 aliphatic heterocycles. The molecule has 2 rings (SSSR count). The van der Waals surface area contributed by atoms with Gasteiger partial charge >= 0.3 is 0 Å². The van der Waals surface area contributed by atoms with E-state index in [2.05, 4.69) is 15.6 Å². The summed E-state index contributed by atoms with van der Waals surface area (Å²) in [6, 6.07) is 9.22. The van der Waals surface area contributed by atoms with Crippen molar-refractivity contribution in [2.24, 2.45) is 4.99 Å². The van der Waals surface area contributed by atoms with Crippen LogP contribution in [0.4, 0.5) is 14.5 Å². The van der Waals surface area contributed by atoms with Gasteiger partial charge in [-0.1, -0.05) is 6.07 Å². The van der Waals surface area contributed by atoms with Crippen molar-refractivity contribution in [3.63, 3.8) is 0 Å². The Morgan fingerprint density at radius 1 is 1.04 bits per heavy atom. The zero-order chi connectivity index (χ0) is 18.9. The number of aliphatic imine (C=N–C) groups is 1. The molecule has 26 heavy (non-hydrogen) atoms. The molecule has 0 aliphatic rings. The highest BCUT2D eigenvalue weighted by Crippen LogP contribution is 2.29. The minimum absolute atomic E-state index is 0.0400. The lowest BCUT2D eigenvalue weighted by Crippen LogP contribution is -2.31. The first-order valence-corrected chi connectivity index (χ1v) is 8.29. The fraction of sp³-hybridized carbons (Fsp3) is 0.316. The van der Waals surface area contributed by atoms with Crippen LogP contribution in [0.25, 0.3) is 0 Å². The molecule has 0 heterocycles. The Hall–Kier alpha value is -2.83. The molecule has 0 aliphatic carbocycles. The first-order chi connectivity index (χ1) is 12.6. The van der Waals surface area contributed by atoms with Crippen LogP contribution in [-0.4, -0.2) is 33.3 Å². The van der Waals surface area contributed by atoms with E-state index in [1.165, 1.54) is 18.2 Å². The van der Waals surface area contributed by atoms with Gasteiger partial charge in [-0.05, 0) is 37.6 Å². The molecule has 7 heteroatoms. The molecule has 0 aromatic heterocycles. The second kappa shape index (κ2) is 9.60. The van der Waals surface area contributed by atoms with Crippen molar-refractivity contribution in [2.45, 2.75) is 13.3 Å². The van der Waals surface area contributed by atoms with Crippen LogP contribution in [0, 0.1) is 11.6 Å². The molecule has 0 saturated carbocycles. The number of methoxy groups -OCH3 is 2. The summed E-state index contributed by atoms with van der Waals surface area (Å²) in [6.45, 7) is 2.82. The van der Waals surface area contributed by atoms with E-state index in [1.807, 2.05) is 13.0 Å². The maximum absolute atomic E-state index is 13.7. The SMILES string of the molecule is CCNC(=NCCc1c(F)cccc1F)Nc1ccc(OC)c(OC)c1. The molecule has 0 bridgehead atoms. The third kappa shape index (κ3) is 5.08. The molecule has 2 N–H and O–H groups in total. The van der Waals surface area contributed by atoms with Crippen LogP contribution < -0.4 is 20.1 Å². The summed E-state index contributed by atoms with van der Waals surface area (Å²) in [6.07, 6.45) is 0.168. The molecule has 0 unspecified atom stereocenters. The lowest BCUT2D eigenvalue weighted by atomic mass is 10.1. The first kappa shape index (κ1) is 19.5. The van der Waals surface area contributed by atoms with Gasteiger partial charge in [0.15, 0.2) is 17.5 Å². The number of ether oxygens (including phenoxy) is 2. The summed E-state index contributed by atoms with van der Waals surface area (Å²) in [5, 5.41) is 6.23. The van der Waals surface area contributed by atoms with Gasteiger partial charge in [0.05, 0.1) is 14.2 Å². The summed E-state index contributed by atoms with van der Waals surface area (Å²) in [7, 11) is 3.13. The molecule has 0 fully saturated rings. The summed E-state index contributed by atoms with van der Waals surface area (Å²) in [4.78, 5) is 4.37. The van der Waals surface area contributed by atoms with E-state index < -0.39 is 11.6 Å². The summed E-state index contributed by atoms with van der Waals surface area (Å²) in [5.74, 6) is 0.601. The number of halogens is 2. The largest absolute Gasteiger partial charge is 0.493 e. The number of anilines is 1. The van der Waals surface area contributed by atoms with Gasteiger partial charge in [0.1, 0.15) is 11.6 Å². The maximum Gasteiger partial charge on any atom is 0.195 e. The number of hydrogen-bond donors (Lipinski definition) is 2. The van der Waals surface area contributed by atoms with Crippen molar-refractivity contribution in [1.29, 1.82) is 0 Å². The zero-order valence-corrected chi connectivity index (χ0v) is 15.1. The van der Waals surface area contributed by atoms with Gasteiger partial charge in [-0.25, -0.2) is 8.78 Å². The van der Waals surface area contributed by atoms with Gasteiger partial charge in [0, 0.05) is 30.4 Å². The molecule has 2 aromatic carbocycles. The Balaban J connectivity index is 2.09. The number of benzene rings is 2. The molecule has 140 valence electrons. The topological polar surface area (TPSA) is 54.9 Å². The van der Waals surface area contributed by atoms with Crippen LogP contribution in [0.2, 0.25) is 0 Å². The van der Waals surface area contributed by atoms with Gasteiger partial charge in [-0.2, -0.15) is 0 Å². The molecule has 0 saturated heterocycles. The normalized spacial score (nSPS) is 11.2. The van der Waals surface area contributed by atoms with Crippen molar-refractivity contribution in [1.82, 2.24) is 5.32 Å². The van der Waals surface area contributed by atoms with E-state index in [-0.39, 0.29) is 18.5 Å². The van der Waals surface area contributed by atoms with Gasteiger partial charge < -0.3 is 20.1 Å². The van der Waals surface area contributed by atoms with Crippen molar-refractivity contribution in [3.05, 3.63) is 53.6 Å². The molecule has 0 amide bonds. The summed E-state index contributed by atoms with van der Waals surface area (Å²) < 4.78 is 37.8. The van der Waals surface area contributed by atoms with Gasteiger partial charge in [-0.15, -0.1) is 0 Å². The Bertz CT molecular complexity index is 746. The predicted octanol–water partition coefficient (Wildman–Crippen LogP) is 3.60. The third-order valence-electron chi connectivity index (χ3n) is 3.68. The fourth-order valence-corrected chi connectivity index (χ4v) is 2.41. The second-order valence-corrected chi connectivity index (χ2v) is 5.41. The van der Waals surface area contributed by atoms with E-state index in [0.29, 0.717) is 24.0 Å². The Morgan fingerprint density at radius 3 is 2.35 bits per heavy atom.